The number of hydrogen-bond donors (Lipinski definition) is 3. The molecule has 0 spiro atoms. The van der Waals surface area contributed by atoms with E-state index in [4.69, 9.17) is 0 Å². The zero-order valence-electron chi connectivity index (χ0n) is 24.8. The first-order valence-corrected chi connectivity index (χ1v) is 17.5. The number of aliphatic hydroxyl groups excluding tert-OH is 1. The van der Waals surface area contributed by atoms with Crippen molar-refractivity contribution in [2.24, 2.45) is 0 Å². The topological polar surface area (TPSA) is 104 Å². The monoisotopic (exact) mass is 559 g/mol. The highest BCUT2D eigenvalue weighted by atomic mass is 32.2. The second-order valence-electron chi connectivity index (χ2n) is 11.1. The molecule has 7 heteroatoms. The smallest absolute Gasteiger partial charge is 0.266 e. The summed E-state index contributed by atoms with van der Waals surface area (Å²) in [6.45, 7) is 4.43. The molecule has 0 radical (unpaired) electrons. The Hall–Kier alpha value is -0.920. The van der Waals surface area contributed by atoms with E-state index in [0.29, 0.717) is 12.8 Å². The molecule has 0 rings (SSSR count). The number of rotatable bonds is 28. The fourth-order valence-electron chi connectivity index (χ4n) is 4.80. The molecule has 226 valence electrons. The molecule has 0 aliphatic heterocycles. The van der Waals surface area contributed by atoms with Crippen molar-refractivity contribution in [1.29, 1.82) is 0 Å². The minimum Gasteiger partial charge on any atom is -0.391 e. The van der Waals surface area contributed by atoms with E-state index < -0.39 is 28.0 Å². The third-order valence-corrected chi connectivity index (χ3v) is 8.00. The highest BCUT2D eigenvalue weighted by Gasteiger charge is 2.26. The summed E-state index contributed by atoms with van der Waals surface area (Å²) in [5, 5.41) is 13.1. The van der Waals surface area contributed by atoms with Gasteiger partial charge < -0.3 is 10.4 Å². The highest BCUT2D eigenvalue weighted by molar-refractivity contribution is 7.85. The summed E-state index contributed by atoms with van der Waals surface area (Å²) in [5.74, 6) is -0.909. The number of nitrogens with one attached hydrogen (secondary N) is 1. The Morgan fingerprint density at radius 2 is 1.11 bits per heavy atom. The number of hydrogen-bond acceptors (Lipinski definition) is 4. The van der Waals surface area contributed by atoms with Crippen molar-refractivity contribution in [2.45, 2.75) is 174 Å². The Morgan fingerprint density at radius 1 is 0.684 bits per heavy atom. The molecule has 0 saturated carbocycles. The molecule has 0 aromatic heterocycles. The predicted molar refractivity (Wildman–Crippen MR) is 161 cm³/mol. The molecule has 0 aliphatic carbocycles. The second-order valence-corrected chi connectivity index (χ2v) is 12.6. The number of allylic oxidation sites excluding steroid dienone is 2. The number of unbranched alkanes of at least 4 members (excludes halogenated alkanes) is 18. The van der Waals surface area contributed by atoms with Crippen LogP contribution in [0.5, 0.6) is 0 Å². The Kier molecular flexibility index (Phi) is 25.7. The molecule has 0 aromatic carbocycles. The van der Waals surface area contributed by atoms with E-state index in [1.807, 2.05) is 0 Å². The molecule has 0 aliphatic rings. The zero-order valence-corrected chi connectivity index (χ0v) is 25.6. The SMILES string of the molecule is CCCCCCCCC/C=C\CCCCCCCC(=O)NC(CS(=O)(=O)O)C(O)CCCCCCCCC. The maximum absolute atomic E-state index is 12.4. The molecule has 2 unspecified atom stereocenters. The first-order chi connectivity index (χ1) is 18.3. The Morgan fingerprint density at radius 3 is 1.58 bits per heavy atom. The standard InChI is InChI=1S/C31H61NO5S/c1-3-5-7-9-11-12-13-14-15-16-17-18-19-21-23-25-27-31(34)32-29(28-38(35,36)37)30(33)26-24-22-20-10-8-6-4-2/h15-16,29-30,33H,3-14,17-28H2,1-2H3,(H,32,34)(H,35,36,37)/b16-15-. The molecule has 1 amide bonds. The molecule has 0 fully saturated rings. The van der Waals surface area contributed by atoms with Gasteiger partial charge in [-0.15, -0.1) is 0 Å². The van der Waals surface area contributed by atoms with Crippen LogP contribution in [0.15, 0.2) is 12.2 Å². The number of carbonyl (C=O) groups is 1. The van der Waals surface area contributed by atoms with Gasteiger partial charge in [-0.1, -0.05) is 129 Å². The van der Waals surface area contributed by atoms with Crippen molar-refractivity contribution < 1.29 is 22.9 Å². The van der Waals surface area contributed by atoms with Crippen LogP contribution < -0.4 is 5.32 Å². The van der Waals surface area contributed by atoms with Gasteiger partial charge in [0.15, 0.2) is 0 Å². The van der Waals surface area contributed by atoms with Crippen molar-refractivity contribution in [3.05, 3.63) is 12.2 Å². The largest absolute Gasteiger partial charge is 0.391 e. The summed E-state index contributed by atoms with van der Waals surface area (Å²) in [7, 11) is -4.29. The van der Waals surface area contributed by atoms with E-state index in [9.17, 15) is 22.9 Å². The molecular weight excluding hydrogens is 498 g/mol. The lowest BCUT2D eigenvalue weighted by Crippen LogP contribution is -2.47. The molecule has 6 nitrogen and oxygen atoms in total. The summed E-state index contributed by atoms with van der Waals surface area (Å²) >= 11 is 0. The van der Waals surface area contributed by atoms with Gasteiger partial charge in [-0.3, -0.25) is 9.35 Å². The average molecular weight is 560 g/mol. The van der Waals surface area contributed by atoms with Gasteiger partial charge in [0.05, 0.1) is 17.9 Å². The van der Waals surface area contributed by atoms with Gasteiger partial charge >= 0.3 is 0 Å². The maximum atomic E-state index is 12.4. The maximum Gasteiger partial charge on any atom is 0.266 e. The summed E-state index contributed by atoms with van der Waals surface area (Å²) in [6.07, 6.45) is 28.9. The quantitative estimate of drug-likeness (QED) is 0.0508. The first kappa shape index (κ1) is 37.1. The van der Waals surface area contributed by atoms with E-state index >= 15 is 0 Å². The summed E-state index contributed by atoms with van der Waals surface area (Å²) in [5.41, 5.74) is 0. The van der Waals surface area contributed by atoms with E-state index in [1.54, 1.807) is 0 Å². The number of aliphatic hydroxyl groups is 1. The van der Waals surface area contributed by atoms with Gasteiger partial charge in [0, 0.05) is 6.42 Å². The predicted octanol–water partition coefficient (Wildman–Crippen LogP) is 8.29. The molecular formula is C31H61NO5S. The summed E-state index contributed by atoms with van der Waals surface area (Å²) in [6, 6.07) is -0.967. The first-order valence-electron chi connectivity index (χ1n) is 15.9. The summed E-state index contributed by atoms with van der Waals surface area (Å²) in [4.78, 5) is 12.4. The van der Waals surface area contributed by atoms with Gasteiger partial charge in [-0.05, 0) is 38.5 Å². The van der Waals surface area contributed by atoms with Gasteiger partial charge in [-0.25, -0.2) is 0 Å². The van der Waals surface area contributed by atoms with E-state index in [0.717, 1.165) is 51.4 Å². The van der Waals surface area contributed by atoms with Crippen molar-refractivity contribution in [2.75, 3.05) is 5.75 Å². The molecule has 3 N–H and O–H groups in total. The van der Waals surface area contributed by atoms with Gasteiger partial charge in [0.1, 0.15) is 0 Å². The lowest BCUT2D eigenvalue weighted by molar-refractivity contribution is -0.122. The highest BCUT2D eigenvalue weighted by Crippen LogP contribution is 2.14. The van der Waals surface area contributed by atoms with E-state index in [1.165, 1.54) is 83.5 Å². The van der Waals surface area contributed by atoms with Gasteiger partial charge in [0.2, 0.25) is 5.91 Å². The lowest BCUT2D eigenvalue weighted by Gasteiger charge is -2.23. The average Bonchev–Trinajstić information content (AvgIpc) is 2.86. The second kappa shape index (κ2) is 26.3. The van der Waals surface area contributed by atoms with Crippen LogP contribution in [0, 0.1) is 0 Å². The van der Waals surface area contributed by atoms with Crippen molar-refractivity contribution >= 4 is 16.0 Å². The van der Waals surface area contributed by atoms with Crippen LogP contribution in [0.4, 0.5) is 0 Å². The molecule has 38 heavy (non-hydrogen) atoms. The molecule has 2 atom stereocenters. The van der Waals surface area contributed by atoms with Crippen LogP contribution in [0.1, 0.15) is 162 Å². The minimum atomic E-state index is -4.29. The molecule has 0 heterocycles. The zero-order chi connectivity index (χ0) is 28.3. The summed E-state index contributed by atoms with van der Waals surface area (Å²) < 4.78 is 32.1. The van der Waals surface area contributed by atoms with E-state index in [-0.39, 0.29) is 5.91 Å². The Labute approximate surface area is 235 Å². The fraction of sp³-hybridized carbons (Fsp3) is 0.903. The van der Waals surface area contributed by atoms with E-state index in [2.05, 4.69) is 31.3 Å². The van der Waals surface area contributed by atoms with Crippen molar-refractivity contribution in [3.8, 4) is 0 Å². The third-order valence-electron chi connectivity index (χ3n) is 7.22. The minimum absolute atomic E-state index is 0.259. The molecule has 0 bridgehead atoms. The molecule has 0 saturated heterocycles. The Balaban J connectivity index is 3.93. The fourth-order valence-corrected chi connectivity index (χ4v) is 5.56. The van der Waals surface area contributed by atoms with Gasteiger partial charge in [-0.2, -0.15) is 8.42 Å². The number of carbonyl (C=O) groups excluding carboxylic acids is 1. The lowest BCUT2D eigenvalue weighted by atomic mass is 10.0. The third kappa shape index (κ3) is 26.7. The van der Waals surface area contributed by atoms with Crippen LogP contribution >= 0.6 is 0 Å². The van der Waals surface area contributed by atoms with Crippen molar-refractivity contribution in [3.63, 3.8) is 0 Å². The van der Waals surface area contributed by atoms with Crippen molar-refractivity contribution in [1.82, 2.24) is 5.32 Å². The van der Waals surface area contributed by atoms with Crippen LogP contribution in [0.3, 0.4) is 0 Å². The normalized spacial score (nSPS) is 13.7. The van der Waals surface area contributed by atoms with Gasteiger partial charge in [0.25, 0.3) is 10.1 Å². The Bertz CT molecular complexity index is 665. The van der Waals surface area contributed by atoms with Crippen LogP contribution in [0.2, 0.25) is 0 Å². The van der Waals surface area contributed by atoms with Crippen LogP contribution in [0.25, 0.3) is 0 Å². The molecule has 0 aromatic rings. The van der Waals surface area contributed by atoms with Crippen LogP contribution in [-0.2, 0) is 14.9 Å². The van der Waals surface area contributed by atoms with Crippen LogP contribution in [-0.4, -0.2) is 41.9 Å². The number of amides is 1.